The molecule has 0 aromatic rings. The molecule has 0 amide bonds. The third-order valence-electron chi connectivity index (χ3n) is 9.22. The highest BCUT2D eigenvalue weighted by molar-refractivity contribution is 14.2. The van der Waals surface area contributed by atoms with Crippen molar-refractivity contribution in [3.8, 4) is 0 Å². The van der Waals surface area contributed by atoms with Crippen LogP contribution in [-0.2, 0) is 4.52 Å². The van der Waals surface area contributed by atoms with Gasteiger partial charge >= 0.3 is 0 Å². The molecule has 4 rings (SSSR count). The first-order valence-electron chi connectivity index (χ1n) is 10.7. The van der Waals surface area contributed by atoms with E-state index in [0.717, 1.165) is 36.2 Å². The van der Waals surface area contributed by atoms with Gasteiger partial charge in [-0.2, -0.15) is 0 Å². The van der Waals surface area contributed by atoms with E-state index in [1.807, 2.05) is 0 Å². The van der Waals surface area contributed by atoms with E-state index in [9.17, 15) is 0 Å². The molecule has 3 heteroatoms. The third-order valence-corrected chi connectivity index (χ3v) is 10.4. The van der Waals surface area contributed by atoms with Gasteiger partial charge in [-0.15, -0.1) is 0 Å². The Balaban J connectivity index is 1.65. The topological polar surface area (TPSA) is 9.23 Å². The molecule has 0 N–H and O–H groups in total. The van der Waals surface area contributed by atoms with Crippen LogP contribution in [0.1, 0.15) is 78.6 Å². The Kier molecular flexibility index (Phi) is 5.65. The second-order valence-corrected chi connectivity index (χ2v) is 11.7. The minimum Gasteiger partial charge on any atom is -0.351 e. The van der Waals surface area contributed by atoms with Crippen molar-refractivity contribution in [2.75, 3.05) is 6.61 Å². The van der Waals surface area contributed by atoms with Crippen LogP contribution in [0, 0.1) is 40.4 Å². The van der Waals surface area contributed by atoms with E-state index < -0.39 is 0 Å². The molecule has 0 aromatic heterocycles. The summed E-state index contributed by atoms with van der Waals surface area (Å²) in [6.45, 7) is 9.08. The van der Waals surface area contributed by atoms with Gasteiger partial charge in [-0.25, -0.2) is 0 Å². The van der Waals surface area contributed by atoms with Gasteiger partial charge in [0, 0.05) is 5.41 Å². The number of halogens is 1. The van der Waals surface area contributed by atoms with E-state index in [1.54, 1.807) is 5.57 Å². The lowest BCUT2D eigenvalue weighted by atomic mass is 9.44. The summed E-state index contributed by atoms with van der Waals surface area (Å²) in [6.07, 6.45) is 15.6. The van der Waals surface area contributed by atoms with Gasteiger partial charge in [0.2, 0.25) is 0 Å². The van der Waals surface area contributed by atoms with Crippen molar-refractivity contribution in [3.63, 3.8) is 0 Å². The highest BCUT2D eigenvalue weighted by Crippen LogP contribution is 2.68. The maximum Gasteiger partial charge on any atom is 0.0793 e. The number of allylic oxidation sites excluding steroid dienone is 2. The summed E-state index contributed by atoms with van der Waals surface area (Å²) in [5, 5.41) is 0. The molecule has 0 aliphatic heterocycles. The summed E-state index contributed by atoms with van der Waals surface area (Å²) in [6, 6.07) is 0. The molecule has 4 fully saturated rings. The molecule has 25 heavy (non-hydrogen) atoms. The van der Waals surface area contributed by atoms with E-state index in [0.29, 0.717) is 17.3 Å². The fourth-order valence-electron chi connectivity index (χ4n) is 8.03. The first kappa shape index (κ1) is 19.2. The Morgan fingerprint density at radius 2 is 2.00 bits per heavy atom. The normalized spacial score (nSPS) is 51.5. The lowest BCUT2D eigenvalue weighted by Gasteiger charge is -2.61. The van der Waals surface area contributed by atoms with Crippen LogP contribution in [-0.4, -0.2) is 6.61 Å². The maximum absolute atomic E-state index is 6.20. The highest BCUT2D eigenvalue weighted by Gasteiger charge is 2.60. The van der Waals surface area contributed by atoms with E-state index in [2.05, 4.69) is 48.9 Å². The van der Waals surface area contributed by atoms with Gasteiger partial charge in [-0.3, -0.25) is 0 Å². The summed E-state index contributed by atoms with van der Waals surface area (Å²) >= 11 is 2.43. The van der Waals surface area contributed by atoms with Crippen molar-refractivity contribution in [1.29, 1.82) is 0 Å². The quantitative estimate of drug-likeness (QED) is 0.233. The molecule has 0 saturated heterocycles. The van der Waals surface area contributed by atoms with Gasteiger partial charge in [0.1, 0.15) is 0 Å². The molecule has 0 heterocycles. The van der Waals surface area contributed by atoms with E-state index in [4.69, 9.17) is 4.52 Å². The number of hydrogen-bond donors (Lipinski definition) is 0. The van der Waals surface area contributed by atoms with Gasteiger partial charge in [0.15, 0.2) is 0 Å². The monoisotopic (exact) mass is 474 g/mol. The Morgan fingerprint density at radius 3 is 2.76 bits per heavy atom. The molecule has 8 unspecified atom stereocenters. The van der Waals surface area contributed by atoms with Gasteiger partial charge in [0.05, 0.1) is 13.1 Å². The van der Waals surface area contributed by atoms with E-state index >= 15 is 0 Å². The van der Waals surface area contributed by atoms with Crippen LogP contribution >= 0.6 is 28.5 Å². The largest absolute Gasteiger partial charge is 0.351 e. The molecule has 1 nitrogen and oxygen atoms in total. The average molecular weight is 474 g/mol. The van der Waals surface area contributed by atoms with Crippen molar-refractivity contribution in [2.45, 2.75) is 78.6 Å². The van der Waals surface area contributed by atoms with Gasteiger partial charge < -0.3 is 4.52 Å². The zero-order valence-corrected chi connectivity index (χ0v) is 19.5. The van der Waals surface area contributed by atoms with Crippen molar-refractivity contribution in [2.24, 2.45) is 40.4 Å². The average Bonchev–Trinajstić information content (AvgIpc) is 2.96. The second kappa shape index (κ2) is 7.36. The predicted molar refractivity (Wildman–Crippen MR) is 117 cm³/mol. The molecule has 4 aliphatic rings. The molecule has 4 aliphatic carbocycles. The number of fused-ring (bicyclic) bond motifs is 5. The summed E-state index contributed by atoms with van der Waals surface area (Å²) in [4.78, 5) is 0. The predicted octanol–water partition coefficient (Wildman–Crippen LogP) is 7.55. The summed E-state index contributed by atoms with van der Waals surface area (Å²) in [5.74, 6) is 4.75. The molecule has 0 bridgehead atoms. The van der Waals surface area contributed by atoms with Crippen molar-refractivity contribution in [1.82, 2.24) is 0 Å². The van der Waals surface area contributed by atoms with Crippen LogP contribution in [0.4, 0.5) is 0 Å². The van der Waals surface area contributed by atoms with E-state index in [-0.39, 0.29) is 0 Å². The lowest BCUT2D eigenvalue weighted by Crippen LogP contribution is -2.55. The minimum absolute atomic E-state index is 0.521. The number of rotatable bonds is 3. The first-order valence-corrected chi connectivity index (χ1v) is 14.7. The van der Waals surface area contributed by atoms with Crippen LogP contribution in [0.2, 0.25) is 0 Å². The molecule has 142 valence electrons. The summed E-state index contributed by atoms with van der Waals surface area (Å²) in [7, 11) is 0. The fraction of sp³-hybridized carbons (Fsp3) is 0.909. The summed E-state index contributed by atoms with van der Waals surface area (Å²) in [5.41, 5.74) is 2.83. The SMILES string of the molecule is C/C=C1/CCC2C3CCC4CC(C)CCC4(COPI)C3CCC12C. The first-order chi connectivity index (χ1) is 12.0. The third kappa shape index (κ3) is 3.00. The zero-order valence-electron chi connectivity index (χ0n) is 16.3. The molecule has 4 saturated carbocycles. The fourth-order valence-corrected chi connectivity index (χ4v) is 8.82. The Bertz CT molecular complexity index is 530. The van der Waals surface area contributed by atoms with Crippen LogP contribution in [0.15, 0.2) is 11.6 Å². The number of hydrogen-bond acceptors (Lipinski definition) is 1. The minimum atomic E-state index is 0.521. The van der Waals surface area contributed by atoms with Crippen molar-refractivity contribution in [3.05, 3.63) is 11.6 Å². The molecule has 0 aromatic carbocycles. The Morgan fingerprint density at radius 1 is 1.16 bits per heavy atom. The molecule has 8 atom stereocenters. The van der Waals surface area contributed by atoms with Crippen LogP contribution in [0.5, 0.6) is 0 Å². The lowest BCUT2D eigenvalue weighted by molar-refractivity contribution is -0.130. The molecule has 0 radical (unpaired) electrons. The Hall–Kier alpha value is 0.860. The molecular formula is C22H36IOP. The van der Waals surface area contributed by atoms with E-state index in [1.165, 1.54) is 57.8 Å². The summed E-state index contributed by atoms with van der Waals surface area (Å²) < 4.78 is 6.20. The highest BCUT2D eigenvalue weighted by atomic mass is 127. The smallest absolute Gasteiger partial charge is 0.0793 e. The van der Waals surface area contributed by atoms with Crippen LogP contribution in [0.25, 0.3) is 0 Å². The second-order valence-electron chi connectivity index (χ2n) is 9.94. The van der Waals surface area contributed by atoms with Gasteiger partial charge in [0.25, 0.3) is 0 Å². The standard InChI is InChI=1S/C22H36IOP/c1-4-16-6-8-19-18-7-5-17-13-15(2)9-12-22(17,14-24-25-23)20(18)10-11-21(16,19)3/h4,15,17-20,25H,5-14H2,1-3H3/b16-4-. The van der Waals surface area contributed by atoms with Crippen LogP contribution < -0.4 is 0 Å². The van der Waals surface area contributed by atoms with Crippen molar-refractivity contribution >= 4 is 28.5 Å². The molecule has 0 spiro atoms. The zero-order chi connectivity index (χ0) is 17.7. The van der Waals surface area contributed by atoms with Crippen LogP contribution in [0.3, 0.4) is 0 Å². The van der Waals surface area contributed by atoms with Gasteiger partial charge in [-0.1, -0.05) is 31.9 Å². The van der Waals surface area contributed by atoms with Gasteiger partial charge in [-0.05, 0) is 115 Å². The maximum atomic E-state index is 6.20. The van der Waals surface area contributed by atoms with Crippen molar-refractivity contribution < 1.29 is 4.52 Å². The Labute approximate surface area is 169 Å². The molecular weight excluding hydrogens is 438 g/mol.